The van der Waals surface area contributed by atoms with E-state index in [0.717, 1.165) is 12.0 Å². The van der Waals surface area contributed by atoms with Gasteiger partial charge < -0.3 is 5.11 Å². The van der Waals surface area contributed by atoms with Crippen molar-refractivity contribution in [2.45, 2.75) is 30.2 Å². The van der Waals surface area contributed by atoms with E-state index in [2.05, 4.69) is 103 Å². The van der Waals surface area contributed by atoms with E-state index in [0.29, 0.717) is 5.75 Å². The smallest absolute Gasteiger partial charge is 0.192 e. The highest BCUT2D eigenvalue weighted by atomic mass is 16.3. The van der Waals surface area contributed by atoms with Crippen LogP contribution in [0.2, 0.25) is 0 Å². The molecule has 1 aliphatic carbocycles. The van der Waals surface area contributed by atoms with Crippen molar-refractivity contribution < 1.29 is 9.67 Å². The van der Waals surface area contributed by atoms with E-state index in [1.165, 1.54) is 22.4 Å². The lowest BCUT2D eigenvalue weighted by molar-refractivity contribution is -0.769. The zero-order valence-corrected chi connectivity index (χ0v) is 17.0. The summed E-state index contributed by atoms with van der Waals surface area (Å²) in [5, 5.41) is 11.1. The first-order valence-corrected chi connectivity index (χ1v) is 10.6. The second-order valence-electron chi connectivity index (χ2n) is 8.82. The first-order valence-electron chi connectivity index (χ1n) is 10.6. The minimum atomic E-state index is -0.259. The van der Waals surface area contributed by atoms with E-state index >= 15 is 0 Å². The number of fused-ring (bicyclic) bond motifs is 1. The van der Waals surface area contributed by atoms with Crippen molar-refractivity contribution in [3.05, 3.63) is 131 Å². The van der Waals surface area contributed by atoms with Crippen LogP contribution in [0.5, 0.6) is 5.75 Å². The summed E-state index contributed by atoms with van der Waals surface area (Å²) in [5.41, 5.74) is 5.65. The standard InChI is InChI=1S/C28H23NO/c1-27-19-28(20-11-4-2-5-12-20,21-13-6-3-7-14-21)26(23-16-8-9-18-29(23)27)25-22(27)15-10-17-24(25)30/h2-18,26H,19H2,1H3/p+1. The van der Waals surface area contributed by atoms with E-state index in [1.54, 1.807) is 0 Å². The zero-order valence-electron chi connectivity index (χ0n) is 17.0. The number of nitrogens with zero attached hydrogens (tertiary/aromatic N) is 1. The number of aromatic nitrogens is 1. The van der Waals surface area contributed by atoms with Gasteiger partial charge in [-0.3, -0.25) is 0 Å². The predicted molar refractivity (Wildman–Crippen MR) is 118 cm³/mol. The molecule has 2 aliphatic heterocycles. The van der Waals surface area contributed by atoms with Crippen molar-refractivity contribution in [1.82, 2.24) is 0 Å². The number of rotatable bonds is 2. The quantitative estimate of drug-likeness (QED) is 0.463. The molecule has 146 valence electrons. The molecular weight excluding hydrogens is 366 g/mol. The molecule has 4 aromatic rings. The van der Waals surface area contributed by atoms with Gasteiger partial charge in [-0.25, -0.2) is 0 Å². The van der Waals surface area contributed by atoms with Crippen LogP contribution in [0, 0.1) is 0 Å². The maximum atomic E-state index is 11.1. The van der Waals surface area contributed by atoms with Gasteiger partial charge in [0.1, 0.15) is 5.75 Å². The molecule has 0 saturated carbocycles. The number of hydrogen-bond acceptors (Lipinski definition) is 1. The molecule has 0 spiro atoms. The monoisotopic (exact) mass is 390 g/mol. The van der Waals surface area contributed by atoms with Crippen LogP contribution in [0.3, 0.4) is 0 Å². The van der Waals surface area contributed by atoms with Gasteiger partial charge in [-0.05, 0) is 17.2 Å². The molecule has 2 unspecified atom stereocenters. The van der Waals surface area contributed by atoms with Crippen molar-refractivity contribution in [3.8, 4) is 5.75 Å². The largest absolute Gasteiger partial charge is 0.508 e. The maximum Gasteiger partial charge on any atom is 0.192 e. The maximum absolute atomic E-state index is 11.1. The molecule has 3 aromatic carbocycles. The lowest BCUT2D eigenvalue weighted by Gasteiger charge is -2.53. The van der Waals surface area contributed by atoms with E-state index in [1.807, 2.05) is 12.1 Å². The van der Waals surface area contributed by atoms with Gasteiger partial charge in [0, 0.05) is 42.0 Å². The highest BCUT2D eigenvalue weighted by Crippen LogP contribution is 2.62. The predicted octanol–water partition coefficient (Wildman–Crippen LogP) is 5.28. The van der Waals surface area contributed by atoms with E-state index in [9.17, 15) is 5.11 Å². The molecule has 0 saturated heterocycles. The Morgan fingerprint density at radius 2 is 1.40 bits per heavy atom. The van der Waals surface area contributed by atoms with E-state index in [4.69, 9.17) is 0 Å². The summed E-state index contributed by atoms with van der Waals surface area (Å²) >= 11 is 0. The Morgan fingerprint density at radius 3 is 2.07 bits per heavy atom. The minimum Gasteiger partial charge on any atom is -0.508 e. The lowest BCUT2D eigenvalue weighted by Crippen LogP contribution is -2.69. The fourth-order valence-electron chi connectivity index (χ4n) is 6.24. The molecule has 0 fully saturated rings. The van der Waals surface area contributed by atoms with Crippen LogP contribution in [0.25, 0.3) is 0 Å². The van der Waals surface area contributed by atoms with Crippen molar-refractivity contribution >= 4 is 0 Å². The SMILES string of the molecule is CC12CC(c3ccccc3)(c3ccccc3)C(c3c(O)cccc31)c1cccc[n+]12. The van der Waals surface area contributed by atoms with Gasteiger partial charge in [0.2, 0.25) is 0 Å². The number of pyridine rings is 1. The summed E-state index contributed by atoms with van der Waals surface area (Å²) < 4.78 is 2.43. The lowest BCUT2D eigenvalue weighted by atomic mass is 9.50. The normalized spacial score (nSPS) is 22.9. The number of phenolic OH excluding ortho intramolecular Hbond substituents is 1. The first-order chi connectivity index (χ1) is 14.7. The molecule has 0 radical (unpaired) electrons. The molecule has 2 heteroatoms. The third kappa shape index (κ3) is 2.06. The number of phenols is 1. The van der Waals surface area contributed by atoms with Gasteiger partial charge in [0.25, 0.3) is 0 Å². The Kier molecular flexibility index (Phi) is 3.53. The van der Waals surface area contributed by atoms with Gasteiger partial charge in [0.15, 0.2) is 17.4 Å². The Bertz CT molecular complexity index is 1210. The molecule has 2 bridgehead atoms. The van der Waals surface area contributed by atoms with Crippen LogP contribution in [-0.2, 0) is 11.0 Å². The van der Waals surface area contributed by atoms with Crippen molar-refractivity contribution in [3.63, 3.8) is 0 Å². The van der Waals surface area contributed by atoms with Crippen LogP contribution < -0.4 is 4.57 Å². The van der Waals surface area contributed by atoms with E-state index < -0.39 is 0 Å². The summed E-state index contributed by atoms with van der Waals surface area (Å²) in [6, 6.07) is 34.2. The van der Waals surface area contributed by atoms with Crippen molar-refractivity contribution in [1.29, 1.82) is 0 Å². The molecule has 7 rings (SSSR count). The Morgan fingerprint density at radius 1 is 0.767 bits per heavy atom. The first kappa shape index (κ1) is 17.5. The fraction of sp³-hybridized carbons (Fsp3) is 0.179. The van der Waals surface area contributed by atoms with Crippen molar-refractivity contribution in [2.24, 2.45) is 0 Å². The van der Waals surface area contributed by atoms with Gasteiger partial charge in [-0.15, -0.1) is 0 Å². The number of benzene rings is 3. The van der Waals surface area contributed by atoms with Crippen LogP contribution in [0.4, 0.5) is 0 Å². The highest BCUT2D eigenvalue weighted by molar-refractivity contribution is 5.59. The molecule has 3 aliphatic rings. The molecular formula is C28H24NO+. The van der Waals surface area contributed by atoms with Gasteiger partial charge in [-0.1, -0.05) is 78.9 Å². The van der Waals surface area contributed by atoms with Crippen LogP contribution >= 0.6 is 0 Å². The zero-order chi connectivity index (χ0) is 20.3. The third-order valence-electron chi connectivity index (χ3n) is 7.36. The summed E-state index contributed by atoms with van der Waals surface area (Å²) in [4.78, 5) is 0. The second-order valence-corrected chi connectivity index (χ2v) is 8.82. The molecule has 30 heavy (non-hydrogen) atoms. The van der Waals surface area contributed by atoms with E-state index in [-0.39, 0.29) is 16.9 Å². The molecule has 3 heterocycles. The van der Waals surface area contributed by atoms with Crippen molar-refractivity contribution in [2.75, 3.05) is 0 Å². The fourth-order valence-corrected chi connectivity index (χ4v) is 6.24. The second kappa shape index (κ2) is 6.06. The number of aromatic hydroxyl groups is 1. The summed E-state index contributed by atoms with van der Waals surface area (Å²) in [7, 11) is 0. The number of hydrogen-bond donors (Lipinski definition) is 1. The average Bonchev–Trinajstić information content (AvgIpc) is 2.80. The molecule has 0 amide bonds. The van der Waals surface area contributed by atoms with Gasteiger partial charge >= 0.3 is 0 Å². The molecule has 1 aromatic heterocycles. The Labute approximate surface area is 177 Å². The molecule has 1 N–H and O–H groups in total. The topological polar surface area (TPSA) is 24.1 Å². The van der Waals surface area contributed by atoms with Gasteiger partial charge in [-0.2, -0.15) is 4.57 Å². The minimum absolute atomic E-state index is 0.0292. The highest BCUT2D eigenvalue weighted by Gasteiger charge is 2.65. The Balaban J connectivity index is 1.79. The van der Waals surface area contributed by atoms with Crippen LogP contribution in [-0.4, -0.2) is 5.11 Å². The summed E-state index contributed by atoms with van der Waals surface area (Å²) in [6.45, 7) is 2.32. The van der Waals surface area contributed by atoms with Gasteiger partial charge in [0.05, 0.1) is 5.92 Å². The Hall–Kier alpha value is -3.39. The molecule has 2 atom stereocenters. The summed E-state index contributed by atoms with van der Waals surface area (Å²) in [5.74, 6) is 0.427. The van der Waals surface area contributed by atoms with Crippen LogP contribution in [0.15, 0.2) is 103 Å². The molecule has 2 nitrogen and oxygen atoms in total. The average molecular weight is 391 g/mol. The third-order valence-corrected chi connectivity index (χ3v) is 7.36. The summed E-state index contributed by atoms with van der Waals surface area (Å²) in [6.07, 6.45) is 3.14. The van der Waals surface area contributed by atoms with Crippen LogP contribution in [0.1, 0.15) is 47.2 Å².